The molecule has 0 radical (unpaired) electrons. The molecule has 2 aliphatic rings. The number of hydrogen-bond donors (Lipinski definition) is 1. The standard InChI is InChI=1S/C21H26N4O/c1-14-6-7-15(2)16(11-14)12-25-10-8-18-17(13-25)21(26)24-20(23-18)19-5-3-4-9-22-19/h6-7,11H,3-5,8-10,12-13H2,1-2H3,(H,23,24,26). The van der Waals surface area contributed by atoms with Crippen molar-refractivity contribution in [3.63, 3.8) is 0 Å². The molecule has 5 heteroatoms. The molecule has 1 N–H and O–H groups in total. The van der Waals surface area contributed by atoms with Gasteiger partial charge < -0.3 is 4.98 Å². The molecule has 0 spiro atoms. The molecule has 0 aliphatic carbocycles. The van der Waals surface area contributed by atoms with Crippen LogP contribution in [-0.2, 0) is 19.5 Å². The Morgan fingerprint density at radius 2 is 2.08 bits per heavy atom. The molecule has 4 rings (SSSR count). The van der Waals surface area contributed by atoms with E-state index in [1.807, 2.05) is 0 Å². The monoisotopic (exact) mass is 350 g/mol. The fourth-order valence-corrected chi connectivity index (χ4v) is 3.85. The third kappa shape index (κ3) is 3.49. The van der Waals surface area contributed by atoms with Crippen molar-refractivity contribution in [2.75, 3.05) is 13.1 Å². The number of fused-ring (bicyclic) bond motifs is 1. The maximum absolute atomic E-state index is 12.7. The first-order valence-electron chi connectivity index (χ1n) is 9.54. The van der Waals surface area contributed by atoms with Gasteiger partial charge in [0.05, 0.1) is 17.0 Å². The second-order valence-electron chi connectivity index (χ2n) is 7.52. The number of rotatable bonds is 3. The van der Waals surface area contributed by atoms with Gasteiger partial charge >= 0.3 is 0 Å². The molecule has 1 aromatic heterocycles. The van der Waals surface area contributed by atoms with E-state index in [1.165, 1.54) is 16.7 Å². The number of aliphatic imine (C=N–C) groups is 1. The Morgan fingerprint density at radius 1 is 1.19 bits per heavy atom. The van der Waals surface area contributed by atoms with Crippen molar-refractivity contribution in [2.45, 2.75) is 52.6 Å². The highest BCUT2D eigenvalue weighted by molar-refractivity contribution is 5.97. The van der Waals surface area contributed by atoms with E-state index in [4.69, 9.17) is 4.98 Å². The van der Waals surface area contributed by atoms with Gasteiger partial charge in [0, 0.05) is 32.6 Å². The van der Waals surface area contributed by atoms with Crippen LogP contribution in [-0.4, -0.2) is 33.7 Å². The number of H-pyrrole nitrogens is 1. The second kappa shape index (κ2) is 7.16. The molecule has 2 aliphatic heterocycles. The smallest absolute Gasteiger partial charge is 0.255 e. The largest absolute Gasteiger partial charge is 0.305 e. The fourth-order valence-electron chi connectivity index (χ4n) is 3.85. The maximum Gasteiger partial charge on any atom is 0.255 e. The molecule has 0 saturated heterocycles. The minimum Gasteiger partial charge on any atom is -0.305 e. The van der Waals surface area contributed by atoms with Crippen LogP contribution in [0.3, 0.4) is 0 Å². The zero-order chi connectivity index (χ0) is 18.1. The van der Waals surface area contributed by atoms with Crippen molar-refractivity contribution in [2.24, 2.45) is 4.99 Å². The molecule has 0 amide bonds. The summed E-state index contributed by atoms with van der Waals surface area (Å²) in [7, 11) is 0. The Labute approximate surface area is 154 Å². The van der Waals surface area contributed by atoms with E-state index in [9.17, 15) is 4.79 Å². The minimum atomic E-state index is 0.00365. The zero-order valence-corrected chi connectivity index (χ0v) is 15.6. The summed E-state index contributed by atoms with van der Waals surface area (Å²) in [4.78, 5) is 27.3. The second-order valence-corrected chi connectivity index (χ2v) is 7.52. The summed E-state index contributed by atoms with van der Waals surface area (Å²) in [6.07, 6.45) is 4.00. The molecule has 0 unspecified atom stereocenters. The van der Waals surface area contributed by atoms with E-state index in [2.05, 4.69) is 46.9 Å². The lowest BCUT2D eigenvalue weighted by Gasteiger charge is -2.28. The average Bonchev–Trinajstić information content (AvgIpc) is 2.66. The van der Waals surface area contributed by atoms with Gasteiger partial charge in [0.15, 0.2) is 5.82 Å². The summed E-state index contributed by atoms with van der Waals surface area (Å²) in [5.74, 6) is 0.691. The number of aryl methyl sites for hydroxylation is 2. The number of hydrogen-bond acceptors (Lipinski definition) is 4. The molecule has 136 valence electrons. The van der Waals surface area contributed by atoms with E-state index in [-0.39, 0.29) is 5.56 Å². The molecule has 3 heterocycles. The number of aromatic amines is 1. The van der Waals surface area contributed by atoms with Crippen molar-refractivity contribution in [3.8, 4) is 0 Å². The van der Waals surface area contributed by atoms with E-state index in [0.29, 0.717) is 12.4 Å². The number of nitrogens with one attached hydrogen (secondary N) is 1. The zero-order valence-electron chi connectivity index (χ0n) is 15.6. The Kier molecular flexibility index (Phi) is 4.72. The molecule has 0 atom stereocenters. The van der Waals surface area contributed by atoms with Crippen LogP contribution in [0.2, 0.25) is 0 Å². The van der Waals surface area contributed by atoms with E-state index in [1.54, 1.807) is 0 Å². The summed E-state index contributed by atoms with van der Waals surface area (Å²) in [5.41, 5.74) is 6.67. The minimum absolute atomic E-state index is 0.00365. The van der Waals surface area contributed by atoms with Gasteiger partial charge in [-0.25, -0.2) is 4.98 Å². The van der Waals surface area contributed by atoms with E-state index in [0.717, 1.165) is 62.3 Å². The lowest BCUT2D eigenvalue weighted by molar-refractivity contribution is 0.241. The maximum atomic E-state index is 12.7. The summed E-state index contributed by atoms with van der Waals surface area (Å²) >= 11 is 0. The van der Waals surface area contributed by atoms with E-state index < -0.39 is 0 Å². The SMILES string of the molecule is Cc1ccc(C)c(CN2CCc3nc(C4=NCCCC4)[nH]c(=O)c3C2)c1. The molecule has 2 aromatic rings. The first-order valence-corrected chi connectivity index (χ1v) is 9.54. The van der Waals surface area contributed by atoms with Gasteiger partial charge in [0.25, 0.3) is 5.56 Å². The highest BCUT2D eigenvalue weighted by Crippen LogP contribution is 2.20. The highest BCUT2D eigenvalue weighted by atomic mass is 16.1. The Hall–Kier alpha value is -2.27. The topological polar surface area (TPSA) is 61.4 Å². The van der Waals surface area contributed by atoms with Gasteiger partial charge in [-0.3, -0.25) is 14.7 Å². The highest BCUT2D eigenvalue weighted by Gasteiger charge is 2.23. The van der Waals surface area contributed by atoms with Gasteiger partial charge in [-0.15, -0.1) is 0 Å². The van der Waals surface area contributed by atoms with Crippen LogP contribution in [0.15, 0.2) is 28.0 Å². The van der Waals surface area contributed by atoms with Crippen molar-refractivity contribution in [3.05, 3.63) is 62.3 Å². The Balaban J connectivity index is 1.56. The Morgan fingerprint density at radius 3 is 2.88 bits per heavy atom. The molecular weight excluding hydrogens is 324 g/mol. The summed E-state index contributed by atoms with van der Waals surface area (Å²) in [6, 6.07) is 6.57. The average molecular weight is 350 g/mol. The molecule has 0 saturated carbocycles. The van der Waals surface area contributed by atoms with Crippen LogP contribution >= 0.6 is 0 Å². The Bertz CT molecular complexity index is 913. The third-order valence-electron chi connectivity index (χ3n) is 5.44. The lowest BCUT2D eigenvalue weighted by Crippen LogP contribution is -2.36. The van der Waals surface area contributed by atoms with Crippen LogP contribution in [0.1, 0.15) is 53.0 Å². The third-order valence-corrected chi connectivity index (χ3v) is 5.44. The normalized spacial score (nSPS) is 17.7. The quantitative estimate of drug-likeness (QED) is 0.926. The predicted octanol–water partition coefficient (Wildman–Crippen LogP) is 2.92. The van der Waals surface area contributed by atoms with Gasteiger partial charge in [-0.05, 0) is 44.2 Å². The van der Waals surface area contributed by atoms with Gasteiger partial charge in [0.2, 0.25) is 0 Å². The number of aromatic nitrogens is 2. The number of benzene rings is 1. The van der Waals surface area contributed by atoms with Crippen molar-refractivity contribution in [1.29, 1.82) is 0 Å². The summed E-state index contributed by atoms with van der Waals surface area (Å²) in [6.45, 7) is 7.60. The van der Waals surface area contributed by atoms with Crippen LogP contribution in [0.4, 0.5) is 0 Å². The van der Waals surface area contributed by atoms with Crippen LogP contribution < -0.4 is 5.56 Å². The van der Waals surface area contributed by atoms with Gasteiger partial charge in [-0.2, -0.15) is 0 Å². The molecule has 5 nitrogen and oxygen atoms in total. The van der Waals surface area contributed by atoms with Gasteiger partial charge in [-0.1, -0.05) is 23.8 Å². The molecule has 1 aromatic carbocycles. The van der Waals surface area contributed by atoms with Crippen LogP contribution in [0, 0.1) is 13.8 Å². The number of nitrogens with zero attached hydrogens (tertiary/aromatic N) is 3. The van der Waals surface area contributed by atoms with Crippen LogP contribution in [0.25, 0.3) is 0 Å². The van der Waals surface area contributed by atoms with Crippen molar-refractivity contribution < 1.29 is 0 Å². The van der Waals surface area contributed by atoms with Gasteiger partial charge in [0.1, 0.15) is 0 Å². The van der Waals surface area contributed by atoms with E-state index >= 15 is 0 Å². The van der Waals surface area contributed by atoms with Crippen molar-refractivity contribution >= 4 is 5.71 Å². The lowest BCUT2D eigenvalue weighted by atomic mass is 10.0. The molecule has 0 fully saturated rings. The van der Waals surface area contributed by atoms with Crippen molar-refractivity contribution in [1.82, 2.24) is 14.9 Å². The van der Waals surface area contributed by atoms with Crippen LogP contribution in [0.5, 0.6) is 0 Å². The molecular formula is C21H26N4O. The molecule has 0 bridgehead atoms. The summed E-state index contributed by atoms with van der Waals surface area (Å²) < 4.78 is 0. The first kappa shape index (κ1) is 17.2. The fraction of sp³-hybridized carbons (Fsp3) is 0.476. The summed E-state index contributed by atoms with van der Waals surface area (Å²) in [5, 5.41) is 0. The predicted molar refractivity (Wildman–Crippen MR) is 104 cm³/mol. The molecule has 26 heavy (non-hydrogen) atoms. The first-order chi connectivity index (χ1) is 12.6.